The summed E-state index contributed by atoms with van der Waals surface area (Å²) in [6.07, 6.45) is -1.80. The van der Waals surface area contributed by atoms with Crippen molar-refractivity contribution < 1.29 is 14.6 Å². The number of ether oxygens (including phenoxy) is 1. The van der Waals surface area contributed by atoms with E-state index in [1.807, 2.05) is 0 Å². The first kappa shape index (κ1) is 19.6. The average molecular weight is 429 g/mol. The van der Waals surface area contributed by atoms with Crippen LogP contribution in [0.4, 0.5) is 0 Å². The van der Waals surface area contributed by atoms with Crippen LogP contribution in [0.2, 0.25) is 10.0 Å². The molecule has 0 radical (unpaired) electrons. The smallest absolute Gasteiger partial charge is 0.216 e. The maximum Gasteiger partial charge on any atom is 0.216 e. The lowest BCUT2D eigenvalue weighted by Crippen LogP contribution is -2.28. The summed E-state index contributed by atoms with van der Waals surface area (Å²) in [7, 11) is 0. The first-order valence-electron chi connectivity index (χ1n) is 6.68. The first-order chi connectivity index (χ1) is 11.2. The van der Waals surface area contributed by atoms with Crippen LogP contribution in [-0.2, 0) is 0 Å². The summed E-state index contributed by atoms with van der Waals surface area (Å²) in [5.41, 5.74) is 0.202. The molecule has 0 aliphatic rings. The fourth-order valence-electron chi connectivity index (χ4n) is 1.83. The van der Waals surface area contributed by atoms with Crippen LogP contribution in [0.1, 0.15) is 16.8 Å². The van der Waals surface area contributed by atoms with Gasteiger partial charge in [0, 0.05) is 23.1 Å². The molecule has 128 valence electrons. The number of hydrogen-bond acceptors (Lipinski definition) is 3. The Morgan fingerprint density at radius 1 is 1.04 bits per heavy atom. The lowest BCUT2D eigenvalue weighted by atomic mass is 10.1. The molecular weight excluding hydrogens is 417 g/mol. The van der Waals surface area contributed by atoms with Crippen LogP contribution >= 0.6 is 58.0 Å². The standard InChI is InChI=1S/C16H11Cl5O3/c17-9-1-3-10(4-2-9)24-11-5-6-12(13(18)7-11)14(22)8-15(23)16(19,20)21/h1-7,15,23H,8H2/t15-/m0/s1. The first-order valence-corrected chi connectivity index (χ1v) is 8.57. The predicted molar refractivity (Wildman–Crippen MR) is 98.2 cm³/mol. The molecule has 0 saturated heterocycles. The lowest BCUT2D eigenvalue weighted by molar-refractivity contribution is 0.0885. The Labute approximate surface area is 164 Å². The van der Waals surface area contributed by atoms with Crippen molar-refractivity contribution in [3.05, 3.63) is 58.1 Å². The van der Waals surface area contributed by atoms with Crippen molar-refractivity contribution in [1.29, 1.82) is 0 Å². The van der Waals surface area contributed by atoms with Gasteiger partial charge in [0.15, 0.2) is 5.78 Å². The summed E-state index contributed by atoms with van der Waals surface area (Å²) in [6, 6.07) is 11.3. The summed E-state index contributed by atoms with van der Waals surface area (Å²) in [5, 5.41) is 10.4. The van der Waals surface area contributed by atoms with Crippen molar-refractivity contribution >= 4 is 63.8 Å². The van der Waals surface area contributed by atoms with E-state index >= 15 is 0 Å². The van der Waals surface area contributed by atoms with Gasteiger partial charge in [-0.3, -0.25) is 4.79 Å². The van der Waals surface area contributed by atoms with Gasteiger partial charge in [0.2, 0.25) is 3.79 Å². The van der Waals surface area contributed by atoms with Gasteiger partial charge in [-0.25, -0.2) is 0 Å². The van der Waals surface area contributed by atoms with E-state index in [1.165, 1.54) is 12.1 Å². The normalized spacial score (nSPS) is 12.8. The zero-order valence-corrected chi connectivity index (χ0v) is 15.8. The highest BCUT2D eigenvalue weighted by Crippen LogP contribution is 2.34. The quantitative estimate of drug-likeness (QED) is 0.463. The Morgan fingerprint density at radius 3 is 2.17 bits per heavy atom. The molecule has 0 spiro atoms. The molecule has 2 aromatic carbocycles. The zero-order valence-electron chi connectivity index (χ0n) is 12.0. The summed E-state index contributed by atoms with van der Waals surface area (Å²) in [6.45, 7) is 0. The van der Waals surface area contributed by atoms with Crippen molar-refractivity contribution in [3.8, 4) is 11.5 Å². The summed E-state index contributed by atoms with van der Waals surface area (Å²) in [4.78, 5) is 12.2. The topological polar surface area (TPSA) is 46.5 Å². The molecule has 0 amide bonds. The highest BCUT2D eigenvalue weighted by molar-refractivity contribution is 6.68. The van der Waals surface area contributed by atoms with Gasteiger partial charge in [-0.15, -0.1) is 0 Å². The third kappa shape index (κ3) is 5.41. The van der Waals surface area contributed by atoms with Gasteiger partial charge < -0.3 is 9.84 Å². The molecule has 3 nitrogen and oxygen atoms in total. The van der Waals surface area contributed by atoms with Gasteiger partial charge >= 0.3 is 0 Å². The number of aliphatic hydroxyl groups excluding tert-OH is 1. The third-order valence-corrected chi connectivity index (χ3v) is 4.37. The molecule has 0 bridgehead atoms. The monoisotopic (exact) mass is 426 g/mol. The van der Waals surface area contributed by atoms with Crippen molar-refractivity contribution in [2.75, 3.05) is 0 Å². The maximum atomic E-state index is 12.2. The highest BCUT2D eigenvalue weighted by Gasteiger charge is 2.33. The Morgan fingerprint density at radius 2 is 1.62 bits per heavy atom. The number of aliphatic hydroxyl groups is 1. The molecule has 0 saturated carbocycles. The minimum Gasteiger partial charge on any atom is -0.457 e. The highest BCUT2D eigenvalue weighted by atomic mass is 35.6. The average Bonchev–Trinajstić information content (AvgIpc) is 2.48. The van der Waals surface area contributed by atoms with E-state index in [-0.39, 0.29) is 17.0 Å². The van der Waals surface area contributed by atoms with Crippen LogP contribution in [0.15, 0.2) is 42.5 Å². The minimum absolute atomic E-state index is 0.169. The molecule has 0 heterocycles. The van der Waals surface area contributed by atoms with Crippen LogP contribution in [0.25, 0.3) is 0 Å². The molecular formula is C16H11Cl5O3. The number of benzene rings is 2. The van der Waals surface area contributed by atoms with E-state index in [2.05, 4.69) is 0 Å². The van der Waals surface area contributed by atoms with Gasteiger partial charge in [-0.1, -0.05) is 58.0 Å². The van der Waals surface area contributed by atoms with E-state index in [0.29, 0.717) is 16.5 Å². The second kappa shape index (κ2) is 8.13. The summed E-state index contributed by atoms with van der Waals surface area (Å²) < 4.78 is 3.67. The maximum absolute atomic E-state index is 12.2. The molecule has 0 unspecified atom stereocenters. The number of carbonyl (C=O) groups excluding carboxylic acids is 1. The van der Waals surface area contributed by atoms with Crippen LogP contribution in [-0.4, -0.2) is 20.8 Å². The second-order valence-corrected chi connectivity index (χ2v) is 8.09. The fourth-order valence-corrected chi connectivity index (χ4v) is 2.46. The largest absolute Gasteiger partial charge is 0.457 e. The van der Waals surface area contributed by atoms with E-state index in [9.17, 15) is 9.90 Å². The zero-order chi connectivity index (χ0) is 17.9. The Kier molecular flexibility index (Phi) is 6.66. The number of halogens is 5. The number of alkyl halides is 3. The number of Topliss-reactive ketones (excluding diaryl/α,β-unsaturated/α-hetero) is 1. The molecule has 8 heteroatoms. The summed E-state index contributed by atoms with van der Waals surface area (Å²) >= 11 is 28.6. The molecule has 1 atom stereocenters. The molecule has 0 aliphatic heterocycles. The molecule has 2 aromatic rings. The number of ketones is 1. The van der Waals surface area contributed by atoms with E-state index in [0.717, 1.165) is 0 Å². The van der Waals surface area contributed by atoms with Crippen molar-refractivity contribution in [1.82, 2.24) is 0 Å². The van der Waals surface area contributed by atoms with Crippen molar-refractivity contribution in [2.24, 2.45) is 0 Å². The lowest BCUT2D eigenvalue weighted by Gasteiger charge is -2.18. The molecule has 24 heavy (non-hydrogen) atoms. The summed E-state index contributed by atoms with van der Waals surface area (Å²) in [5.74, 6) is 0.568. The van der Waals surface area contributed by atoms with E-state index in [4.69, 9.17) is 62.7 Å². The molecule has 0 fully saturated rings. The SMILES string of the molecule is O=C(C[C@H](O)C(Cl)(Cl)Cl)c1ccc(Oc2ccc(Cl)cc2)cc1Cl. The molecule has 0 aromatic heterocycles. The second-order valence-electron chi connectivity index (χ2n) is 4.88. The fraction of sp³-hybridized carbons (Fsp3) is 0.188. The van der Waals surface area contributed by atoms with Crippen molar-refractivity contribution in [3.63, 3.8) is 0 Å². The minimum atomic E-state index is -1.94. The molecule has 2 rings (SSSR count). The van der Waals surface area contributed by atoms with Gasteiger partial charge in [0.1, 0.15) is 17.6 Å². The van der Waals surface area contributed by atoms with Crippen LogP contribution in [0.5, 0.6) is 11.5 Å². The van der Waals surface area contributed by atoms with Gasteiger partial charge in [-0.05, 0) is 36.4 Å². The Bertz CT molecular complexity index is 725. The van der Waals surface area contributed by atoms with Crippen LogP contribution in [0.3, 0.4) is 0 Å². The number of hydrogen-bond donors (Lipinski definition) is 1. The number of carbonyl (C=O) groups is 1. The number of rotatable bonds is 5. The Balaban J connectivity index is 2.11. The third-order valence-electron chi connectivity index (χ3n) is 3.05. The molecule has 1 N–H and O–H groups in total. The predicted octanol–water partition coefficient (Wildman–Crippen LogP) is 6.09. The van der Waals surface area contributed by atoms with Crippen LogP contribution < -0.4 is 4.74 Å². The Hall–Kier alpha value is -0.680. The van der Waals surface area contributed by atoms with Crippen molar-refractivity contribution in [2.45, 2.75) is 16.3 Å². The van der Waals surface area contributed by atoms with Crippen LogP contribution in [0, 0.1) is 0 Å². The van der Waals surface area contributed by atoms with Gasteiger partial charge in [-0.2, -0.15) is 0 Å². The van der Waals surface area contributed by atoms with E-state index in [1.54, 1.807) is 30.3 Å². The molecule has 0 aliphatic carbocycles. The van der Waals surface area contributed by atoms with E-state index < -0.39 is 15.7 Å². The van der Waals surface area contributed by atoms with Gasteiger partial charge in [0.05, 0.1) is 5.02 Å². The van der Waals surface area contributed by atoms with Gasteiger partial charge in [0.25, 0.3) is 0 Å².